The molecule has 4 nitrogen and oxygen atoms in total. The third-order valence-electron chi connectivity index (χ3n) is 2.80. The number of aromatic nitrogens is 1. The summed E-state index contributed by atoms with van der Waals surface area (Å²) in [6.45, 7) is 2.44. The van der Waals surface area contributed by atoms with Gasteiger partial charge in [0.05, 0.1) is 22.8 Å². The van der Waals surface area contributed by atoms with E-state index < -0.39 is 0 Å². The van der Waals surface area contributed by atoms with E-state index in [1.165, 1.54) is 4.70 Å². The monoisotopic (exact) mass is 249 g/mol. The highest BCUT2D eigenvalue weighted by molar-refractivity contribution is 7.18. The lowest BCUT2D eigenvalue weighted by Gasteiger charge is -2.20. The zero-order chi connectivity index (χ0) is 12.4. The lowest BCUT2D eigenvalue weighted by Crippen LogP contribution is -2.39. The molecular formula is C12H15N3OS. The number of nitrogens with zero attached hydrogens (tertiary/aromatic N) is 2. The van der Waals surface area contributed by atoms with Crippen LogP contribution in [0.3, 0.4) is 0 Å². The van der Waals surface area contributed by atoms with Crippen molar-refractivity contribution in [2.45, 2.75) is 19.5 Å². The van der Waals surface area contributed by atoms with Gasteiger partial charge in [-0.05, 0) is 26.1 Å². The quantitative estimate of drug-likeness (QED) is 0.895. The molecule has 0 aliphatic rings. The molecule has 1 aromatic heterocycles. The van der Waals surface area contributed by atoms with Gasteiger partial charge in [0.15, 0.2) is 0 Å². The van der Waals surface area contributed by atoms with Crippen LogP contribution < -0.4 is 5.73 Å². The van der Waals surface area contributed by atoms with Crippen molar-refractivity contribution in [3.8, 4) is 0 Å². The van der Waals surface area contributed by atoms with Crippen molar-refractivity contribution < 1.29 is 4.79 Å². The van der Waals surface area contributed by atoms with E-state index in [1.807, 2.05) is 36.2 Å². The molecule has 1 atom stereocenters. The maximum atomic E-state index is 11.1. The Morgan fingerprint density at radius 2 is 2.24 bits per heavy atom. The normalized spacial score (nSPS) is 13.1. The van der Waals surface area contributed by atoms with Gasteiger partial charge in [-0.2, -0.15) is 0 Å². The number of carbonyl (C=O) groups excluding carboxylic acids is 1. The molecule has 2 rings (SSSR count). The van der Waals surface area contributed by atoms with E-state index in [1.54, 1.807) is 18.3 Å². The maximum Gasteiger partial charge on any atom is 0.234 e. The number of hydrogen-bond donors (Lipinski definition) is 1. The molecule has 0 spiro atoms. The Morgan fingerprint density at radius 1 is 1.53 bits per heavy atom. The lowest BCUT2D eigenvalue weighted by molar-refractivity contribution is -0.122. The summed E-state index contributed by atoms with van der Waals surface area (Å²) in [5, 5.41) is 1.00. The van der Waals surface area contributed by atoms with Gasteiger partial charge in [-0.1, -0.05) is 12.1 Å². The van der Waals surface area contributed by atoms with E-state index in [-0.39, 0.29) is 11.9 Å². The molecule has 0 aliphatic heterocycles. The highest BCUT2D eigenvalue weighted by atomic mass is 32.1. The number of primary amides is 1. The van der Waals surface area contributed by atoms with Crippen molar-refractivity contribution in [3.63, 3.8) is 0 Å². The highest BCUT2D eigenvalue weighted by Gasteiger charge is 2.16. The molecule has 1 heterocycles. The van der Waals surface area contributed by atoms with Gasteiger partial charge < -0.3 is 5.73 Å². The van der Waals surface area contributed by atoms with Crippen LogP contribution in [0.25, 0.3) is 10.2 Å². The van der Waals surface area contributed by atoms with Crippen molar-refractivity contribution in [3.05, 3.63) is 29.3 Å². The first-order valence-electron chi connectivity index (χ1n) is 5.42. The number of amides is 1. The minimum atomic E-state index is -0.311. The Labute approximate surface area is 104 Å². The van der Waals surface area contributed by atoms with E-state index in [2.05, 4.69) is 4.98 Å². The van der Waals surface area contributed by atoms with E-state index in [9.17, 15) is 4.79 Å². The van der Waals surface area contributed by atoms with Gasteiger partial charge in [0.2, 0.25) is 5.91 Å². The summed E-state index contributed by atoms with van der Waals surface area (Å²) in [4.78, 5) is 17.5. The van der Waals surface area contributed by atoms with Crippen LogP contribution >= 0.6 is 11.3 Å². The molecule has 0 aliphatic carbocycles. The van der Waals surface area contributed by atoms with E-state index in [0.29, 0.717) is 6.54 Å². The molecule has 1 aromatic carbocycles. The Balaban J connectivity index is 2.15. The highest BCUT2D eigenvalue weighted by Crippen LogP contribution is 2.22. The van der Waals surface area contributed by atoms with Crippen LogP contribution in [0.2, 0.25) is 0 Å². The predicted molar refractivity (Wildman–Crippen MR) is 69.7 cm³/mol. The Kier molecular flexibility index (Phi) is 3.40. The topological polar surface area (TPSA) is 59.2 Å². The second-order valence-corrected chi connectivity index (χ2v) is 5.18. The van der Waals surface area contributed by atoms with Crippen LogP contribution in [0.4, 0.5) is 0 Å². The molecule has 17 heavy (non-hydrogen) atoms. The van der Waals surface area contributed by atoms with Crippen molar-refractivity contribution >= 4 is 27.5 Å². The van der Waals surface area contributed by atoms with Crippen LogP contribution in [-0.2, 0) is 11.3 Å². The Bertz CT molecular complexity index is 504. The Morgan fingerprint density at radius 3 is 2.88 bits per heavy atom. The molecule has 1 amide bonds. The fourth-order valence-electron chi connectivity index (χ4n) is 1.56. The minimum absolute atomic E-state index is 0.276. The number of benzene rings is 1. The molecule has 2 aromatic rings. The van der Waals surface area contributed by atoms with Gasteiger partial charge in [-0.15, -0.1) is 11.3 Å². The van der Waals surface area contributed by atoms with Crippen LogP contribution in [0, 0.1) is 0 Å². The number of rotatable bonds is 4. The summed E-state index contributed by atoms with van der Waals surface area (Å²) in [5.41, 5.74) is 6.28. The number of nitrogens with two attached hydrogens (primary N) is 1. The molecular weight excluding hydrogens is 234 g/mol. The van der Waals surface area contributed by atoms with Crippen LogP contribution in [-0.4, -0.2) is 28.9 Å². The standard InChI is InChI=1S/C12H15N3OS/c1-8(12(13)16)15(2)7-11-14-9-5-3-4-6-10(9)17-11/h3-6,8H,7H2,1-2H3,(H2,13,16). The fourth-order valence-corrected chi connectivity index (χ4v) is 2.59. The van der Waals surface area contributed by atoms with Gasteiger partial charge in [0.1, 0.15) is 5.01 Å². The zero-order valence-corrected chi connectivity index (χ0v) is 10.7. The molecule has 1 unspecified atom stereocenters. The summed E-state index contributed by atoms with van der Waals surface area (Å²) in [6, 6.07) is 7.74. The zero-order valence-electron chi connectivity index (χ0n) is 9.88. The SMILES string of the molecule is CC(C(N)=O)N(C)Cc1nc2ccccc2s1. The fraction of sp³-hybridized carbons (Fsp3) is 0.333. The second kappa shape index (κ2) is 4.81. The molecule has 0 bridgehead atoms. The van der Waals surface area contributed by atoms with Gasteiger partial charge in [-0.3, -0.25) is 9.69 Å². The summed E-state index contributed by atoms with van der Waals surface area (Å²) < 4.78 is 1.17. The molecule has 0 radical (unpaired) electrons. The second-order valence-electron chi connectivity index (χ2n) is 4.07. The maximum absolute atomic E-state index is 11.1. The average molecular weight is 249 g/mol. The number of para-hydroxylation sites is 1. The number of hydrogen-bond acceptors (Lipinski definition) is 4. The van der Waals surface area contributed by atoms with Gasteiger partial charge in [0.25, 0.3) is 0 Å². The van der Waals surface area contributed by atoms with Crippen LogP contribution in [0.5, 0.6) is 0 Å². The first-order valence-corrected chi connectivity index (χ1v) is 6.23. The third kappa shape index (κ3) is 2.62. The molecule has 2 N–H and O–H groups in total. The van der Waals surface area contributed by atoms with E-state index in [0.717, 1.165) is 10.5 Å². The molecule has 0 fully saturated rings. The van der Waals surface area contributed by atoms with Crippen LogP contribution in [0.15, 0.2) is 24.3 Å². The smallest absolute Gasteiger partial charge is 0.234 e. The van der Waals surface area contributed by atoms with Crippen LogP contribution in [0.1, 0.15) is 11.9 Å². The van der Waals surface area contributed by atoms with E-state index in [4.69, 9.17) is 5.73 Å². The number of fused-ring (bicyclic) bond motifs is 1. The van der Waals surface area contributed by atoms with Crippen molar-refractivity contribution in [2.24, 2.45) is 5.73 Å². The summed E-state index contributed by atoms with van der Waals surface area (Å²) in [6.07, 6.45) is 0. The van der Waals surface area contributed by atoms with Crippen molar-refractivity contribution in [2.75, 3.05) is 7.05 Å². The summed E-state index contributed by atoms with van der Waals surface area (Å²) in [7, 11) is 1.88. The van der Waals surface area contributed by atoms with E-state index >= 15 is 0 Å². The van der Waals surface area contributed by atoms with Gasteiger partial charge in [0, 0.05) is 0 Å². The van der Waals surface area contributed by atoms with Crippen molar-refractivity contribution in [1.82, 2.24) is 9.88 Å². The van der Waals surface area contributed by atoms with Crippen molar-refractivity contribution in [1.29, 1.82) is 0 Å². The summed E-state index contributed by atoms with van der Waals surface area (Å²) in [5.74, 6) is -0.311. The molecule has 0 saturated heterocycles. The van der Waals surface area contributed by atoms with Gasteiger partial charge in [-0.25, -0.2) is 4.98 Å². The minimum Gasteiger partial charge on any atom is -0.368 e. The number of carbonyl (C=O) groups is 1. The molecule has 0 saturated carbocycles. The first kappa shape index (κ1) is 12.0. The molecule has 5 heteroatoms. The van der Waals surface area contributed by atoms with Gasteiger partial charge >= 0.3 is 0 Å². The number of thiazole rings is 1. The Hall–Kier alpha value is -1.46. The third-order valence-corrected chi connectivity index (χ3v) is 3.82. The number of likely N-dealkylation sites (N-methyl/N-ethyl adjacent to an activating group) is 1. The predicted octanol–water partition coefficient (Wildman–Crippen LogP) is 1.60. The molecule has 90 valence electrons. The lowest BCUT2D eigenvalue weighted by atomic mass is 10.3. The first-order chi connectivity index (χ1) is 8.08. The summed E-state index contributed by atoms with van der Waals surface area (Å²) >= 11 is 1.65. The average Bonchev–Trinajstić information content (AvgIpc) is 2.69. The largest absolute Gasteiger partial charge is 0.368 e.